The molecule has 4 heterocycles. The van der Waals surface area contributed by atoms with E-state index >= 15 is 0 Å². The lowest BCUT2D eigenvalue weighted by atomic mass is 9.38. The first-order valence-corrected chi connectivity index (χ1v) is 27.4. The maximum Gasteiger partial charge on any atom is 0.124 e. The van der Waals surface area contributed by atoms with Gasteiger partial charge in [-0.2, -0.15) is 0 Å². The number of aliphatic hydroxyl groups excluding tert-OH is 2. The number of ether oxygens (including phenoxy) is 2. The van der Waals surface area contributed by atoms with Crippen molar-refractivity contribution in [2.75, 3.05) is 52.5 Å². The lowest BCUT2D eigenvalue weighted by Crippen LogP contribution is -2.77. The van der Waals surface area contributed by atoms with Gasteiger partial charge in [0.15, 0.2) is 0 Å². The molecular weight excluding hydrogens is 865 g/mol. The van der Waals surface area contributed by atoms with Crippen molar-refractivity contribution in [3.63, 3.8) is 0 Å². The van der Waals surface area contributed by atoms with Crippen LogP contribution >= 0.6 is 0 Å². The predicted molar refractivity (Wildman–Crippen MR) is 279 cm³/mol. The number of benzene rings is 4. The van der Waals surface area contributed by atoms with E-state index in [2.05, 4.69) is 144 Å². The van der Waals surface area contributed by atoms with Crippen molar-refractivity contribution in [3.8, 4) is 11.5 Å². The van der Waals surface area contributed by atoms with E-state index in [0.717, 1.165) is 102 Å². The number of aliphatic hydroxyl groups is 2. The molecule has 0 radical (unpaired) electrons. The third-order valence-electron chi connectivity index (χ3n) is 19.3. The van der Waals surface area contributed by atoms with E-state index in [0.29, 0.717) is 49.6 Å². The number of fused-ring (bicyclic) bond motifs is 4. The zero-order chi connectivity index (χ0) is 47.6. The van der Waals surface area contributed by atoms with E-state index in [1.54, 1.807) is 22.3 Å². The van der Waals surface area contributed by atoms with Gasteiger partial charge in [-0.15, -0.1) is 0 Å². The normalized spacial score (nSPS) is 34.0. The fraction of sp³-hybridized carbons (Fsp3) is 0.548. The SMILES string of the molecule is CCCN1CC(Oc2ccc([C@@H]3C4=C(C[C@@H](C)N3C35CC(CO)(C3)C5)c3ccccc3C4)cc2)C1.CCCN1CC(Oc2ccc([C@H]3C4=C(C[C@H](C)N3C35CC(CO)(C3)C5)c3ccccc3C4)cc2)C1. The summed E-state index contributed by atoms with van der Waals surface area (Å²) in [5.74, 6) is 2.00. The molecule has 0 amide bonds. The first-order chi connectivity index (χ1) is 34.1. The second-order valence-corrected chi connectivity index (χ2v) is 24.4. The Bertz CT molecular complexity index is 2470. The van der Waals surface area contributed by atoms with Crippen molar-refractivity contribution in [1.82, 2.24) is 19.6 Å². The van der Waals surface area contributed by atoms with Gasteiger partial charge in [0.25, 0.3) is 0 Å². The monoisotopic (exact) mass is 941 g/mol. The van der Waals surface area contributed by atoms with Crippen LogP contribution in [-0.2, 0) is 12.8 Å². The minimum atomic E-state index is 0.212. The summed E-state index contributed by atoms with van der Waals surface area (Å²) < 4.78 is 12.6. The average molecular weight is 941 g/mol. The molecule has 4 aliphatic heterocycles. The summed E-state index contributed by atoms with van der Waals surface area (Å²) in [6.07, 6.45) is 14.4. The Hall–Kier alpha value is -4.28. The number of rotatable bonds is 14. The summed E-state index contributed by atoms with van der Waals surface area (Å²) >= 11 is 0. The molecule has 6 saturated carbocycles. The molecule has 4 bridgehead atoms. The van der Waals surface area contributed by atoms with Gasteiger partial charge in [0.05, 0.1) is 12.1 Å². The maximum atomic E-state index is 9.94. The molecule has 8 aliphatic carbocycles. The zero-order valence-corrected chi connectivity index (χ0v) is 42.3. The Kier molecular flexibility index (Phi) is 11.2. The average Bonchev–Trinajstić information content (AvgIpc) is 3.85. The van der Waals surface area contributed by atoms with Crippen molar-refractivity contribution in [2.45, 2.75) is 152 Å². The minimum absolute atomic E-state index is 0.212. The van der Waals surface area contributed by atoms with Crippen LogP contribution in [0.5, 0.6) is 11.5 Å². The van der Waals surface area contributed by atoms with E-state index < -0.39 is 0 Å². The molecule has 8 heteroatoms. The van der Waals surface area contributed by atoms with E-state index in [9.17, 15) is 10.2 Å². The lowest BCUT2D eigenvalue weighted by Gasteiger charge is -2.76. The van der Waals surface area contributed by atoms with Gasteiger partial charge in [0.2, 0.25) is 0 Å². The van der Waals surface area contributed by atoms with Crippen LogP contribution in [0, 0.1) is 10.8 Å². The third-order valence-corrected chi connectivity index (χ3v) is 19.3. The molecule has 4 aromatic rings. The van der Waals surface area contributed by atoms with Crippen LogP contribution in [0.25, 0.3) is 11.1 Å². The Morgan fingerprint density at radius 3 is 1.24 bits per heavy atom. The Morgan fingerprint density at radius 2 is 0.886 bits per heavy atom. The summed E-state index contributed by atoms with van der Waals surface area (Å²) in [7, 11) is 0. The molecule has 2 saturated heterocycles. The van der Waals surface area contributed by atoms with Crippen LogP contribution in [0.1, 0.15) is 137 Å². The van der Waals surface area contributed by atoms with Gasteiger partial charge in [-0.05, 0) is 195 Å². The highest BCUT2D eigenvalue weighted by Gasteiger charge is 2.72. The molecule has 16 rings (SSSR count). The molecule has 368 valence electrons. The predicted octanol–water partition coefficient (Wildman–Crippen LogP) is 10.4. The van der Waals surface area contributed by atoms with Crippen LogP contribution in [0.2, 0.25) is 0 Å². The van der Waals surface area contributed by atoms with E-state index in [1.807, 2.05) is 0 Å². The highest BCUT2D eigenvalue weighted by atomic mass is 16.5. The largest absolute Gasteiger partial charge is 0.488 e. The van der Waals surface area contributed by atoms with Crippen LogP contribution in [0.3, 0.4) is 0 Å². The number of likely N-dealkylation sites (tertiary alicyclic amines) is 2. The van der Waals surface area contributed by atoms with Crippen molar-refractivity contribution in [2.24, 2.45) is 10.8 Å². The highest BCUT2D eigenvalue weighted by Crippen LogP contribution is 2.73. The summed E-state index contributed by atoms with van der Waals surface area (Å²) in [6, 6.07) is 37.8. The van der Waals surface area contributed by atoms with Gasteiger partial charge in [-0.1, -0.05) is 86.6 Å². The molecule has 0 unspecified atom stereocenters. The van der Waals surface area contributed by atoms with Gasteiger partial charge in [0.1, 0.15) is 23.7 Å². The molecule has 4 atom stereocenters. The Morgan fingerprint density at radius 1 is 0.514 bits per heavy atom. The van der Waals surface area contributed by atoms with Crippen molar-refractivity contribution in [3.05, 3.63) is 142 Å². The Balaban J connectivity index is 0.000000137. The molecule has 4 aromatic carbocycles. The van der Waals surface area contributed by atoms with Gasteiger partial charge >= 0.3 is 0 Å². The molecule has 2 N–H and O–H groups in total. The number of hydrogen-bond acceptors (Lipinski definition) is 8. The van der Waals surface area contributed by atoms with Crippen LogP contribution in [-0.4, -0.2) is 118 Å². The first-order valence-electron chi connectivity index (χ1n) is 27.4. The lowest BCUT2D eigenvalue weighted by molar-refractivity contribution is -0.253. The summed E-state index contributed by atoms with van der Waals surface area (Å²) in [5, 5.41) is 19.9. The van der Waals surface area contributed by atoms with Gasteiger partial charge in [0, 0.05) is 62.6 Å². The van der Waals surface area contributed by atoms with Gasteiger partial charge in [-0.3, -0.25) is 19.6 Å². The Labute approximate surface area is 417 Å². The number of nitrogens with zero attached hydrogens (tertiary/aromatic N) is 4. The third kappa shape index (κ3) is 7.27. The fourth-order valence-corrected chi connectivity index (χ4v) is 16.5. The standard InChI is InChI=1S/2C31H38N2O2/c2*1-3-12-32-15-25(16-32)35-24-10-8-22(9-11-24)29-28-14-23-6-4-5-7-26(23)27(28)13-21(2)33(29)31-17-30(18-31,19-31)20-34/h2*4-11,21,25,29,34H,3,12-20H2,1-2H3/t2*21-,29-,30?,31?/m10/s1. The molecule has 0 spiro atoms. The summed E-state index contributed by atoms with van der Waals surface area (Å²) in [5.41, 5.74) is 16.1. The van der Waals surface area contributed by atoms with Crippen molar-refractivity contribution < 1.29 is 19.7 Å². The molecular formula is C62H76N4O4. The van der Waals surface area contributed by atoms with Crippen LogP contribution in [0.15, 0.2) is 108 Å². The van der Waals surface area contributed by atoms with Crippen LogP contribution < -0.4 is 9.47 Å². The molecule has 12 aliphatic rings. The van der Waals surface area contributed by atoms with E-state index in [-0.39, 0.29) is 21.9 Å². The smallest absolute Gasteiger partial charge is 0.124 e. The second kappa shape index (κ2) is 17.2. The van der Waals surface area contributed by atoms with E-state index in [1.165, 1.54) is 59.3 Å². The zero-order valence-electron chi connectivity index (χ0n) is 42.3. The summed E-state index contributed by atoms with van der Waals surface area (Å²) in [6.45, 7) is 16.6. The van der Waals surface area contributed by atoms with Gasteiger partial charge in [-0.25, -0.2) is 0 Å². The molecule has 0 aromatic heterocycles. The maximum absolute atomic E-state index is 9.94. The molecule has 70 heavy (non-hydrogen) atoms. The molecule has 8 fully saturated rings. The van der Waals surface area contributed by atoms with Crippen molar-refractivity contribution in [1.29, 1.82) is 0 Å². The fourth-order valence-electron chi connectivity index (χ4n) is 16.5. The second-order valence-electron chi connectivity index (χ2n) is 24.4. The summed E-state index contributed by atoms with van der Waals surface area (Å²) in [4.78, 5) is 10.7. The molecule has 8 nitrogen and oxygen atoms in total. The quantitative estimate of drug-likeness (QED) is 0.130. The van der Waals surface area contributed by atoms with Crippen LogP contribution in [0.4, 0.5) is 0 Å². The highest BCUT2D eigenvalue weighted by molar-refractivity contribution is 5.80. The minimum Gasteiger partial charge on any atom is -0.488 e. The van der Waals surface area contributed by atoms with Crippen molar-refractivity contribution >= 4 is 11.1 Å². The first kappa shape index (κ1) is 45.6. The van der Waals surface area contributed by atoms with Gasteiger partial charge < -0.3 is 19.7 Å². The number of hydrogen-bond donors (Lipinski definition) is 2. The topological polar surface area (TPSA) is 71.9 Å². The van der Waals surface area contributed by atoms with E-state index in [4.69, 9.17) is 9.47 Å².